The van der Waals surface area contributed by atoms with Crippen LogP contribution in [-0.4, -0.2) is 66.3 Å². The van der Waals surface area contributed by atoms with Crippen LogP contribution < -0.4 is 15.4 Å². The van der Waals surface area contributed by atoms with Crippen LogP contribution in [0.25, 0.3) is 0 Å². The number of carbonyl (C=O) groups excluding carboxylic acids is 1. The summed E-state index contributed by atoms with van der Waals surface area (Å²) in [5.41, 5.74) is 0.142. The van der Waals surface area contributed by atoms with E-state index < -0.39 is 34.5 Å². The maximum absolute atomic E-state index is 12.4. The lowest BCUT2D eigenvalue weighted by Gasteiger charge is -2.15. The molecule has 5 N–H and O–H groups in total. The predicted molar refractivity (Wildman–Crippen MR) is 119 cm³/mol. The van der Waals surface area contributed by atoms with E-state index >= 15 is 0 Å². The number of aromatic nitrogens is 2. The van der Waals surface area contributed by atoms with E-state index in [0.717, 1.165) is 19.4 Å². The lowest BCUT2D eigenvalue weighted by atomic mass is 10.1. The number of hydrogen-bond donors (Lipinski definition) is 5. The molecule has 1 aliphatic heterocycles. The van der Waals surface area contributed by atoms with E-state index in [4.69, 9.17) is 4.84 Å². The van der Waals surface area contributed by atoms with Crippen molar-refractivity contribution in [3.63, 3.8) is 0 Å². The van der Waals surface area contributed by atoms with Crippen LogP contribution in [-0.2, 0) is 24.4 Å². The Kier molecular flexibility index (Phi) is 8.38. The van der Waals surface area contributed by atoms with E-state index in [9.17, 15) is 23.1 Å². The third-order valence-corrected chi connectivity index (χ3v) is 6.34. The number of benzene rings is 1. The van der Waals surface area contributed by atoms with Gasteiger partial charge in [0.05, 0.1) is 4.90 Å². The van der Waals surface area contributed by atoms with Crippen molar-refractivity contribution in [2.45, 2.75) is 42.7 Å². The number of nitrogens with zero attached hydrogens (tertiary/aromatic N) is 2. The number of amides is 1. The molecule has 2 atom stereocenters. The molecule has 178 valence electrons. The first kappa shape index (κ1) is 24.2. The Bertz CT molecular complexity index is 1060. The van der Waals surface area contributed by atoms with Crippen LogP contribution in [0.15, 0.2) is 52.8 Å². The van der Waals surface area contributed by atoms with Crippen molar-refractivity contribution in [3.8, 4) is 0 Å². The number of nitrogens with one attached hydrogen (secondary N) is 4. The Hall–Kier alpha value is -3.45. The Labute approximate surface area is 190 Å². The van der Waals surface area contributed by atoms with Crippen molar-refractivity contribution in [3.05, 3.63) is 42.7 Å². The second-order valence-corrected chi connectivity index (χ2v) is 9.08. The summed E-state index contributed by atoms with van der Waals surface area (Å²) in [7, 11) is -4.06. The number of oxime groups is 1. The summed E-state index contributed by atoms with van der Waals surface area (Å²) >= 11 is 0. The van der Waals surface area contributed by atoms with Gasteiger partial charge in [0.2, 0.25) is 10.0 Å². The molecule has 2 heterocycles. The maximum atomic E-state index is 12.4. The van der Waals surface area contributed by atoms with Gasteiger partial charge in [0.1, 0.15) is 17.9 Å². The molecule has 12 nitrogen and oxygen atoms in total. The monoisotopic (exact) mass is 478 g/mol. The molecule has 1 aliphatic rings. The summed E-state index contributed by atoms with van der Waals surface area (Å²) < 4.78 is 26.8. The van der Waals surface area contributed by atoms with E-state index in [1.165, 1.54) is 24.3 Å². The second kappa shape index (κ2) is 11.4. The third kappa shape index (κ3) is 7.29. The molecule has 0 aliphatic carbocycles. The van der Waals surface area contributed by atoms with Crippen LogP contribution in [0.3, 0.4) is 0 Å². The van der Waals surface area contributed by atoms with Crippen LogP contribution >= 0.6 is 0 Å². The fraction of sp³-hybridized carbons (Fsp3) is 0.400. The molecule has 33 heavy (non-hydrogen) atoms. The van der Waals surface area contributed by atoms with Gasteiger partial charge in [0, 0.05) is 31.9 Å². The summed E-state index contributed by atoms with van der Waals surface area (Å²) in [5.74, 6) is -1.30. The SMILES string of the molecule is O=C(NCC(NS(=O)(=O)c1ccccc1)C(=O)O)C1=NOC(CCCCNc2ncc[nH]2)C1. The number of carboxylic acid groups (broad SMARTS) is 1. The zero-order chi connectivity index (χ0) is 23.7. The van der Waals surface area contributed by atoms with E-state index in [1.807, 2.05) is 0 Å². The highest BCUT2D eigenvalue weighted by Gasteiger charge is 2.29. The first-order valence-corrected chi connectivity index (χ1v) is 11.9. The highest BCUT2D eigenvalue weighted by molar-refractivity contribution is 7.89. The van der Waals surface area contributed by atoms with Crippen LogP contribution in [0.2, 0.25) is 0 Å². The van der Waals surface area contributed by atoms with E-state index in [1.54, 1.807) is 18.5 Å². The van der Waals surface area contributed by atoms with Gasteiger partial charge in [-0.25, -0.2) is 13.4 Å². The number of H-pyrrole nitrogens is 1. The first-order chi connectivity index (χ1) is 15.8. The molecule has 1 amide bonds. The largest absolute Gasteiger partial charge is 0.480 e. The molecular formula is C20H26N6O6S. The molecule has 0 saturated heterocycles. The van der Waals surface area contributed by atoms with Crippen LogP contribution in [0.1, 0.15) is 25.7 Å². The molecule has 1 aromatic heterocycles. The summed E-state index contributed by atoms with van der Waals surface area (Å²) in [6.45, 7) is 0.298. The van der Waals surface area contributed by atoms with Gasteiger partial charge in [-0.1, -0.05) is 23.4 Å². The number of hydrogen-bond acceptors (Lipinski definition) is 8. The summed E-state index contributed by atoms with van der Waals surface area (Å²) in [6.07, 6.45) is 5.89. The minimum Gasteiger partial charge on any atom is -0.480 e. The second-order valence-electron chi connectivity index (χ2n) is 7.37. The highest BCUT2D eigenvalue weighted by atomic mass is 32.2. The van der Waals surface area contributed by atoms with Crippen LogP contribution in [0, 0.1) is 0 Å². The Morgan fingerprint density at radius 1 is 1.24 bits per heavy atom. The summed E-state index contributed by atoms with van der Waals surface area (Å²) in [5, 5.41) is 18.7. The third-order valence-electron chi connectivity index (χ3n) is 4.85. The van der Waals surface area contributed by atoms with Crippen molar-refractivity contribution in [1.82, 2.24) is 20.0 Å². The number of carbonyl (C=O) groups is 2. The molecule has 2 unspecified atom stereocenters. The number of carboxylic acids is 1. The van der Waals surface area contributed by atoms with Gasteiger partial charge in [-0.05, 0) is 31.4 Å². The Morgan fingerprint density at radius 3 is 2.73 bits per heavy atom. The van der Waals surface area contributed by atoms with Crippen molar-refractivity contribution in [2.24, 2.45) is 5.16 Å². The standard InChI is InChI=1S/C20H26N6O6S/c27-18(16-12-14(32-25-16)6-4-5-9-21-20-22-10-11-23-20)24-13-17(19(28)29)26-33(30,31)15-7-2-1-3-8-15/h1-3,7-8,10-11,14,17,26H,4-6,9,12-13H2,(H,24,27)(H,28,29)(H2,21,22,23). The summed E-state index contributed by atoms with van der Waals surface area (Å²) in [6, 6.07) is 5.84. The molecule has 0 radical (unpaired) electrons. The number of imidazole rings is 1. The van der Waals surface area contributed by atoms with Gasteiger partial charge in [-0.2, -0.15) is 4.72 Å². The number of aromatic amines is 1. The number of rotatable bonds is 13. The zero-order valence-electron chi connectivity index (χ0n) is 17.7. The normalized spacial score (nSPS) is 16.5. The average molecular weight is 479 g/mol. The quantitative estimate of drug-likeness (QED) is 0.261. The lowest BCUT2D eigenvalue weighted by Crippen LogP contribution is -2.49. The minimum absolute atomic E-state index is 0.0710. The lowest BCUT2D eigenvalue weighted by molar-refractivity contribution is -0.138. The van der Waals surface area contributed by atoms with Crippen molar-refractivity contribution < 1.29 is 28.0 Å². The molecule has 0 fully saturated rings. The van der Waals surface area contributed by atoms with Gasteiger partial charge in [0.25, 0.3) is 5.91 Å². The topological polar surface area (TPSA) is 175 Å². The zero-order valence-corrected chi connectivity index (χ0v) is 18.5. The van der Waals surface area contributed by atoms with E-state index in [0.29, 0.717) is 18.8 Å². The smallest absolute Gasteiger partial charge is 0.323 e. The molecule has 3 rings (SSSR count). The molecule has 0 saturated carbocycles. The van der Waals surface area contributed by atoms with Crippen molar-refractivity contribution in [1.29, 1.82) is 0 Å². The molecule has 0 bridgehead atoms. The first-order valence-electron chi connectivity index (χ1n) is 10.4. The Morgan fingerprint density at radius 2 is 2.03 bits per heavy atom. The molecule has 13 heteroatoms. The molecule has 1 aromatic carbocycles. The highest BCUT2D eigenvalue weighted by Crippen LogP contribution is 2.17. The van der Waals surface area contributed by atoms with Gasteiger partial charge in [-0.3, -0.25) is 9.59 Å². The van der Waals surface area contributed by atoms with Gasteiger partial charge in [0.15, 0.2) is 5.95 Å². The van der Waals surface area contributed by atoms with Crippen LogP contribution in [0.5, 0.6) is 0 Å². The minimum atomic E-state index is -4.06. The van der Waals surface area contributed by atoms with E-state index in [2.05, 4.69) is 30.5 Å². The Balaban J connectivity index is 1.39. The fourth-order valence-electron chi connectivity index (χ4n) is 3.11. The van der Waals surface area contributed by atoms with Crippen molar-refractivity contribution >= 4 is 33.6 Å². The maximum Gasteiger partial charge on any atom is 0.323 e. The predicted octanol–water partition coefficient (Wildman–Crippen LogP) is 0.685. The van der Waals surface area contributed by atoms with Gasteiger partial charge < -0.3 is 25.6 Å². The van der Waals surface area contributed by atoms with Crippen molar-refractivity contribution in [2.75, 3.05) is 18.4 Å². The molecular weight excluding hydrogens is 452 g/mol. The number of aliphatic carboxylic acids is 1. The molecule has 0 spiro atoms. The van der Waals surface area contributed by atoms with E-state index in [-0.39, 0.29) is 16.7 Å². The number of anilines is 1. The average Bonchev–Trinajstić information content (AvgIpc) is 3.49. The van der Waals surface area contributed by atoms with Crippen LogP contribution in [0.4, 0.5) is 5.95 Å². The number of unbranched alkanes of at least 4 members (excludes halogenated alkanes) is 1. The summed E-state index contributed by atoms with van der Waals surface area (Å²) in [4.78, 5) is 36.1. The molecule has 2 aromatic rings. The fourth-order valence-corrected chi connectivity index (χ4v) is 4.32. The van der Waals surface area contributed by atoms with Gasteiger partial charge >= 0.3 is 5.97 Å². The van der Waals surface area contributed by atoms with Gasteiger partial charge in [-0.15, -0.1) is 0 Å². The number of sulfonamides is 1.